The van der Waals surface area contributed by atoms with E-state index >= 15 is 0 Å². The van der Waals surface area contributed by atoms with E-state index in [9.17, 15) is 4.79 Å². The monoisotopic (exact) mass is 289 g/mol. The van der Waals surface area contributed by atoms with Crippen molar-refractivity contribution >= 4 is 5.91 Å². The Morgan fingerprint density at radius 2 is 2.00 bits per heavy atom. The molecular weight excluding hydrogens is 266 g/mol. The fraction of sp³-hybridized carbons (Fsp3) is 0.750. The summed E-state index contributed by atoms with van der Waals surface area (Å²) in [5.74, 6) is 2.53. The van der Waals surface area contributed by atoms with Gasteiger partial charge in [0.05, 0.1) is 0 Å². The second kappa shape index (κ2) is 5.13. The van der Waals surface area contributed by atoms with Gasteiger partial charge in [-0.3, -0.25) is 4.79 Å². The lowest BCUT2D eigenvalue weighted by molar-refractivity contribution is 0.0820. The van der Waals surface area contributed by atoms with Gasteiger partial charge in [-0.1, -0.05) is 5.16 Å². The molecule has 3 saturated carbocycles. The summed E-state index contributed by atoms with van der Waals surface area (Å²) in [5, 5.41) is 7.10. The van der Waals surface area contributed by atoms with Gasteiger partial charge in [-0.2, -0.15) is 0 Å². The van der Waals surface area contributed by atoms with Crippen LogP contribution in [0.5, 0.6) is 0 Å². The summed E-state index contributed by atoms with van der Waals surface area (Å²) in [6.07, 6.45) is 7.88. The van der Waals surface area contributed by atoms with E-state index in [4.69, 9.17) is 10.3 Å². The Labute approximate surface area is 124 Å². The first-order chi connectivity index (χ1) is 10.2. The summed E-state index contributed by atoms with van der Waals surface area (Å²) >= 11 is 0. The summed E-state index contributed by atoms with van der Waals surface area (Å²) in [6, 6.07) is 2.46. The summed E-state index contributed by atoms with van der Waals surface area (Å²) in [6.45, 7) is 0. The quantitative estimate of drug-likeness (QED) is 0.893. The maximum atomic E-state index is 12.3. The van der Waals surface area contributed by atoms with Gasteiger partial charge >= 0.3 is 0 Å². The van der Waals surface area contributed by atoms with Crippen molar-refractivity contribution in [2.24, 2.45) is 17.6 Å². The number of fused-ring (bicyclic) bond motifs is 2. The van der Waals surface area contributed by atoms with Crippen molar-refractivity contribution < 1.29 is 9.32 Å². The molecule has 1 heterocycles. The zero-order valence-electron chi connectivity index (χ0n) is 12.3. The minimum absolute atomic E-state index is 0.0797. The molecule has 1 amide bonds. The fourth-order valence-corrected chi connectivity index (χ4v) is 4.04. The first kappa shape index (κ1) is 13.3. The molecule has 3 aliphatic rings. The molecule has 4 atom stereocenters. The van der Waals surface area contributed by atoms with Crippen LogP contribution in [0, 0.1) is 11.8 Å². The number of hydrogen-bond donors (Lipinski definition) is 2. The number of nitrogens with zero attached hydrogens (tertiary/aromatic N) is 1. The molecule has 0 aromatic carbocycles. The van der Waals surface area contributed by atoms with Crippen LogP contribution in [0.4, 0.5) is 0 Å². The molecule has 0 aliphatic heterocycles. The highest BCUT2D eigenvalue weighted by Crippen LogP contribution is 2.41. The van der Waals surface area contributed by atoms with Crippen LogP contribution in [0.2, 0.25) is 0 Å². The van der Waals surface area contributed by atoms with Crippen molar-refractivity contribution in [1.82, 2.24) is 10.5 Å². The molecule has 2 bridgehead atoms. The second-order valence-corrected chi connectivity index (χ2v) is 7.04. The molecule has 1 aromatic rings. The van der Waals surface area contributed by atoms with Crippen molar-refractivity contribution in [3.8, 4) is 0 Å². The Balaban J connectivity index is 1.39. The van der Waals surface area contributed by atoms with Gasteiger partial charge in [-0.05, 0) is 56.8 Å². The molecule has 0 spiro atoms. The zero-order chi connectivity index (χ0) is 14.4. The molecule has 3 fully saturated rings. The van der Waals surface area contributed by atoms with Gasteiger partial charge in [-0.15, -0.1) is 0 Å². The van der Waals surface area contributed by atoms with Gasteiger partial charge in [-0.25, -0.2) is 0 Å². The van der Waals surface area contributed by atoms with Gasteiger partial charge < -0.3 is 15.6 Å². The van der Waals surface area contributed by atoms with E-state index < -0.39 is 0 Å². The third-order valence-electron chi connectivity index (χ3n) is 5.56. The second-order valence-electron chi connectivity index (χ2n) is 7.04. The Bertz CT molecular complexity index is 537. The Hall–Kier alpha value is -1.36. The lowest BCUT2D eigenvalue weighted by Crippen LogP contribution is -2.49. The fourth-order valence-electron chi connectivity index (χ4n) is 4.04. The number of aromatic nitrogens is 1. The topological polar surface area (TPSA) is 81.1 Å². The Morgan fingerprint density at radius 1 is 1.19 bits per heavy atom. The number of rotatable bonds is 3. The number of hydrogen-bond acceptors (Lipinski definition) is 4. The maximum absolute atomic E-state index is 12.3. The van der Waals surface area contributed by atoms with Gasteiger partial charge in [0, 0.05) is 24.1 Å². The minimum atomic E-state index is -0.0797. The van der Waals surface area contributed by atoms with Gasteiger partial charge in [0.2, 0.25) is 0 Å². The van der Waals surface area contributed by atoms with E-state index in [0.29, 0.717) is 29.5 Å². The van der Waals surface area contributed by atoms with Crippen molar-refractivity contribution in [3.63, 3.8) is 0 Å². The van der Waals surface area contributed by atoms with E-state index in [0.717, 1.165) is 50.7 Å². The summed E-state index contributed by atoms with van der Waals surface area (Å²) in [5.41, 5.74) is 6.59. The van der Waals surface area contributed by atoms with Crippen LogP contribution in [-0.2, 0) is 0 Å². The van der Waals surface area contributed by atoms with Crippen LogP contribution >= 0.6 is 0 Å². The van der Waals surface area contributed by atoms with Crippen molar-refractivity contribution in [2.45, 2.75) is 62.9 Å². The van der Waals surface area contributed by atoms with Crippen molar-refractivity contribution in [2.75, 3.05) is 0 Å². The highest BCUT2D eigenvalue weighted by molar-refractivity contribution is 5.92. The Kier molecular flexibility index (Phi) is 3.25. The number of carbonyl (C=O) groups is 1. The SMILES string of the molecule is NC1CCC2CC1CCC2NC(=O)c1cc(C2CC2)on1. The van der Waals surface area contributed by atoms with Crippen LogP contribution in [0.1, 0.15) is 67.1 Å². The molecule has 3 N–H and O–H groups in total. The Morgan fingerprint density at radius 3 is 2.81 bits per heavy atom. The molecule has 0 radical (unpaired) electrons. The predicted octanol–water partition coefficient (Wildman–Crippen LogP) is 2.19. The van der Waals surface area contributed by atoms with Crippen LogP contribution in [0.25, 0.3) is 0 Å². The van der Waals surface area contributed by atoms with Crippen LogP contribution in [0.3, 0.4) is 0 Å². The van der Waals surface area contributed by atoms with Gasteiger partial charge in [0.25, 0.3) is 5.91 Å². The van der Waals surface area contributed by atoms with E-state index in [2.05, 4.69) is 10.5 Å². The van der Waals surface area contributed by atoms with Crippen molar-refractivity contribution in [1.29, 1.82) is 0 Å². The molecule has 0 saturated heterocycles. The third-order valence-corrected chi connectivity index (χ3v) is 5.56. The van der Waals surface area contributed by atoms with Crippen LogP contribution in [-0.4, -0.2) is 23.1 Å². The van der Waals surface area contributed by atoms with E-state index in [-0.39, 0.29) is 11.9 Å². The number of amides is 1. The minimum Gasteiger partial charge on any atom is -0.360 e. The molecule has 1 aromatic heterocycles. The summed E-state index contributed by atoms with van der Waals surface area (Å²) < 4.78 is 5.27. The number of carbonyl (C=O) groups excluding carboxylic acids is 1. The van der Waals surface area contributed by atoms with Crippen LogP contribution in [0.15, 0.2) is 10.6 Å². The largest absolute Gasteiger partial charge is 0.360 e. The van der Waals surface area contributed by atoms with Gasteiger partial charge in [0.15, 0.2) is 5.69 Å². The summed E-state index contributed by atoms with van der Waals surface area (Å²) in [4.78, 5) is 12.3. The molecule has 5 nitrogen and oxygen atoms in total. The molecule has 114 valence electrons. The van der Waals surface area contributed by atoms with Crippen LogP contribution < -0.4 is 11.1 Å². The molecule has 21 heavy (non-hydrogen) atoms. The van der Waals surface area contributed by atoms with E-state index in [1.54, 1.807) is 0 Å². The zero-order valence-corrected chi connectivity index (χ0v) is 12.3. The van der Waals surface area contributed by atoms with Crippen molar-refractivity contribution in [3.05, 3.63) is 17.5 Å². The first-order valence-corrected chi connectivity index (χ1v) is 8.24. The number of nitrogens with one attached hydrogen (secondary N) is 1. The van der Waals surface area contributed by atoms with E-state index in [1.165, 1.54) is 0 Å². The molecule has 4 rings (SSSR count). The molecular formula is C16H23N3O2. The first-order valence-electron chi connectivity index (χ1n) is 8.24. The average molecular weight is 289 g/mol. The molecule has 5 heteroatoms. The lowest BCUT2D eigenvalue weighted by atomic mass is 9.68. The van der Waals surface area contributed by atoms with Gasteiger partial charge in [0.1, 0.15) is 5.76 Å². The predicted molar refractivity (Wildman–Crippen MR) is 77.8 cm³/mol. The third kappa shape index (κ3) is 2.59. The lowest BCUT2D eigenvalue weighted by Gasteiger charge is -2.43. The highest BCUT2D eigenvalue weighted by atomic mass is 16.5. The normalized spacial score (nSPS) is 35.5. The standard InChI is InChI=1S/C16H23N3O2/c17-12-5-3-11-7-10(12)4-6-13(11)18-16(20)14-8-15(21-19-14)9-1-2-9/h8-13H,1-7,17H2,(H,18,20). The smallest absolute Gasteiger partial charge is 0.273 e. The average Bonchev–Trinajstić information content (AvgIpc) is 3.22. The highest BCUT2D eigenvalue weighted by Gasteiger charge is 2.38. The maximum Gasteiger partial charge on any atom is 0.273 e. The van der Waals surface area contributed by atoms with E-state index in [1.807, 2.05) is 6.07 Å². The summed E-state index contributed by atoms with van der Waals surface area (Å²) in [7, 11) is 0. The number of nitrogens with two attached hydrogens (primary N) is 1. The molecule has 3 aliphatic carbocycles. The molecule has 4 unspecified atom stereocenters.